The Morgan fingerprint density at radius 1 is 1.44 bits per heavy atom. The second-order valence-electron chi connectivity index (χ2n) is 4.20. The molecule has 0 bridgehead atoms. The minimum atomic E-state index is -0.146. The molecule has 0 aromatic carbocycles. The van der Waals surface area contributed by atoms with Gasteiger partial charge in [-0.05, 0) is 24.6 Å². The highest BCUT2D eigenvalue weighted by Gasteiger charge is 2.20. The van der Waals surface area contributed by atoms with Crippen LogP contribution in [-0.2, 0) is 11.3 Å². The molecular weight excluding hydrogens is 202 g/mol. The zero-order chi connectivity index (χ0) is 12.1. The van der Waals surface area contributed by atoms with Crippen molar-refractivity contribution >= 4 is 5.91 Å². The molecule has 0 aliphatic carbocycles. The van der Waals surface area contributed by atoms with Crippen LogP contribution in [-0.4, -0.2) is 28.9 Å². The van der Waals surface area contributed by atoms with Gasteiger partial charge in [0.15, 0.2) is 0 Å². The summed E-state index contributed by atoms with van der Waals surface area (Å²) >= 11 is 0. The first kappa shape index (κ1) is 12.6. The highest BCUT2D eigenvalue weighted by atomic mass is 16.2. The van der Waals surface area contributed by atoms with Crippen LogP contribution in [0.15, 0.2) is 24.5 Å². The molecule has 4 nitrogen and oxygen atoms in total. The summed E-state index contributed by atoms with van der Waals surface area (Å²) in [5, 5.41) is 0. The van der Waals surface area contributed by atoms with Gasteiger partial charge in [0.2, 0.25) is 5.91 Å². The molecule has 1 amide bonds. The molecule has 4 heteroatoms. The largest absolute Gasteiger partial charge is 0.341 e. The molecule has 1 aromatic heterocycles. The van der Waals surface area contributed by atoms with Gasteiger partial charge in [0.05, 0.1) is 5.92 Å². The summed E-state index contributed by atoms with van der Waals surface area (Å²) in [6.45, 7) is 4.30. The molecule has 16 heavy (non-hydrogen) atoms. The molecule has 1 rings (SSSR count). The average molecular weight is 221 g/mol. The molecule has 0 saturated carbocycles. The number of nitrogens with zero attached hydrogens (tertiary/aromatic N) is 2. The van der Waals surface area contributed by atoms with Crippen LogP contribution in [0.1, 0.15) is 19.4 Å². The quantitative estimate of drug-likeness (QED) is 0.826. The molecule has 0 aliphatic heterocycles. The summed E-state index contributed by atoms with van der Waals surface area (Å²) in [6.07, 6.45) is 3.45. The van der Waals surface area contributed by atoms with Gasteiger partial charge >= 0.3 is 0 Å². The fourth-order valence-corrected chi connectivity index (χ4v) is 1.41. The average Bonchev–Trinajstić information content (AvgIpc) is 2.28. The Morgan fingerprint density at radius 2 is 2.00 bits per heavy atom. The number of nitrogens with two attached hydrogens (primary N) is 1. The van der Waals surface area contributed by atoms with E-state index in [-0.39, 0.29) is 17.9 Å². The maximum Gasteiger partial charge on any atom is 0.226 e. The molecule has 1 aromatic rings. The third-order valence-electron chi connectivity index (χ3n) is 2.72. The number of hydrogen-bond acceptors (Lipinski definition) is 3. The van der Waals surface area contributed by atoms with Crippen LogP contribution in [0.2, 0.25) is 0 Å². The van der Waals surface area contributed by atoms with Gasteiger partial charge in [-0.15, -0.1) is 0 Å². The van der Waals surface area contributed by atoms with E-state index in [1.165, 1.54) is 0 Å². The lowest BCUT2D eigenvalue weighted by Crippen LogP contribution is -2.39. The first-order valence-electron chi connectivity index (χ1n) is 5.42. The fourth-order valence-electron chi connectivity index (χ4n) is 1.41. The van der Waals surface area contributed by atoms with Crippen molar-refractivity contribution in [1.29, 1.82) is 0 Å². The van der Waals surface area contributed by atoms with Gasteiger partial charge in [-0.3, -0.25) is 9.78 Å². The lowest BCUT2D eigenvalue weighted by Gasteiger charge is -2.23. The van der Waals surface area contributed by atoms with E-state index in [2.05, 4.69) is 4.98 Å². The molecule has 2 N–H and O–H groups in total. The number of amides is 1. The van der Waals surface area contributed by atoms with Crippen LogP contribution in [0.5, 0.6) is 0 Å². The van der Waals surface area contributed by atoms with Crippen molar-refractivity contribution in [3.63, 3.8) is 0 Å². The van der Waals surface area contributed by atoms with E-state index in [0.29, 0.717) is 6.54 Å². The van der Waals surface area contributed by atoms with E-state index >= 15 is 0 Å². The standard InChI is InChI=1S/C12H19N3O/c1-9(10(2)13)12(16)15(3)8-11-4-6-14-7-5-11/h4-7,9-10H,8,13H2,1-3H3. The summed E-state index contributed by atoms with van der Waals surface area (Å²) in [4.78, 5) is 17.6. The Balaban J connectivity index is 2.59. The summed E-state index contributed by atoms with van der Waals surface area (Å²) in [5.41, 5.74) is 6.78. The Morgan fingerprint density at radius 3 is 2.50 bits per heavy atom. The predicted octanol–water partition coefficient (Wildman–Crippen LogP) is 1.02. The molecule has 2 unspecified atom stereocenters. The highest BCUT2D eigenvalue weighted by Crippen LogP contribution is 2.08. The first-order valence-corrected chi connectivity index (χ1v) is 5.42. The Bertz CT molecular complexity index is 337. The lowest BCUT2D eigenvalue weighted by atomic mass is 10.0. The predicted molar refractivity (Wildman–Crippen MR) is 63.5 cm³/mol. The van der Waals surface area contributed by atoms with Crippen molar-refractivity contribution in [3.8, 4) is 0 Å². The summed E-state index contributed by atoms with van der Waals surface area (Å²) < 4.78 is 0. The number of pyridine rings is 1. The molecule has 88 valence electrons. The van der Waals surface area contributed by atoms with Crippen molar-refractivity contribution in [1.82, 2.24) is 9.88 Å². The fraction of sp³-hybridized carbons (Fsp3) is 0.500. The van der Waals surface area contributed by atoms with Crippen molar-refractivity contribution < 1.29 is 4.79 Å². The van der Waals surface area contributed by atoms with Crippen molar-refractivity contribution in [3.05, 3.63) is 30.1 Å². The Hall–Kier alpha value is -1.42. The number of aromatic nitrogens is 1. The smallest absolute Gasteiger partial charge is 0.226 e. The molecule has 2 atom stereocenters. The SMILES string of the molecule is CC(N)C(C)C(=O)N(C)Cc1ccncc1. The van der Waals surface area contributed by atoms with Gasteiger partial charge in [-0.1, -0.05) is 6.92 Å². The van der Waals surface area contributed by atoms with Gasteiger partial charge in [-0.2, -0.15) is 0 Å². The van der Waals surface area contributed by atoms with Gasteiger partial charge in [0.25, 0.3) is 0 Å². The Kier molecular flexibility index (Phi) is 4.43. The zero-order valence-electron chi connectivity index (χ0n) is 10.1. The van der Waals surface area contributed by atoms with E-state index in [1.807, 2.05) is 26.0 Å². The van der Waals surface area contributed by atoms with Gasteiger partial charge in [0, 0.05) is 32.0 Å². The number of hydrogen-bond donors (Lipinski definition) is 1. The minimum absolute atomic E-state index is 0.0758. The third-order valence-corrected chi connectivity index (χ3v) is 2.72. The molecule has 0 radical (unpaired) electrons. The van der Waals surface area contributed by atoms with Crippen molar-refractivity contribution in [2.24, 2.45) is 11.7 Å². The highest BCUT2D eigenvalue weighted by molar-refractivity contribution is 5.78. The summed E-state index contributed by atoms with van der Waals surface area (Å²) in [7, 11) is 1.79. The van der Waals surface area contributed by atoms with Gasteiger partial charge in [0.1, 0.15) is 0 Å². The van der Waals surface area contributed by atoms with E-state index in [4.69, 9.17) is 5.73 Å². The molecule has 0 fully saturated rings. The summed E-state index contributed by atoms with van der Waals surface area (Å²) in [5.74, 6) is -0.0707. The summed E-state index contributed by atoms with van der Waals surface area (Å²) in [6, 6.07) is 3.69. The van der Waals surface area contributed by atoms with Crippen LogP contribution < -0.4 is 5.73 Å². The molecular formula is C12H19N3O. The van der Waals surface area contributed by atoms with Gasteiger partial charge in [-0.25, -0.2) is 0 Å². The molecule has 1 heterocycles. The van der Waals surface area contributed by atoms with Crippen LogP contribution in [0.3, 0.4) is 0 Å². The van der Waals surface area contributed by atoms with E-state index in [1.54, 1.807) is 24.3 Å². The number of carbonyl (C=O) groups excluding carboxylic acids is 1. The van der Waals surface area contributed by atoms with Gasteiger partial charge < -0.3 is 10.6 Å². The van der Waals surface area contributed by atoms with Crippen molar-refractivity contribution in [2.45, 2.75) is 26.4 Å². The normalized spacial score (nSPS) is 14.2. The first-order chi connectivity index (χ1) is 7.52. The molecule has 0 saturated heterocycles. The third kappa shape index (κ3) is 3.31. The lowest BCUT2D eigenvalue weighted by molar-refractivity contribution is -0.134. The van der Waals surface area contributed by atoms with Crippen LogP contribution in [0.4, 0.5) is 0 Å². The van der Waals surface area contributed by atoms with E-state index < -0.39 is 0 Å². The second kappa shape index (κ2) is 5.61. The molecule has 0 spiro atoms. The van der Waals surface area contributed by atoms with E-state index in [0.717, 1.165) is 5.56 Å². The Labute approximate surface area is 96.5 Å². The number of carbonyl (C=O) groups is 1. The minimum Gasteiger partial charge on any atom is -0.341 e. The maximum atomic E-state index is 11.9. The van der Waals surface area contributed by atoms with Crippen molar-refractivity contribution in [2.75, 3.05) is 7.05 Å². The van der Waals surface area contributed by atoms with Crippen LogP contribution in [0, 0.1) is 5.92 Å². The zero-order valence-corrected chi connectivity index (χ0v) is 10.1. The number of rotatable bonds is 4. The van der Waals surface area contributed by atoms with E-state index in [9.17, 15) is 4.79 Å². The van der Waals surface area contributed by atoms with Crippen LogP contribution >= 0.6 is 0 Å². The van der Waals surface area contributed by atoms with Crippen LogP contribution in [0.25, 0.3) is 0 Å². The monoisotopic (exact) mass is 221 g/mol. The molecule has 0 aliphatic rings. The maximum absolute atomic E-state index is 11.9. The topological polar surface area (TPSA) is 59.2 Å². The second-order valence-corrected chi connectivity index (χ2v) is 4.20.